The number of esters is 1. The molecule has 3 rings (SSSR count). The molecule has 6 nitrogen and oxygen atoms in total. The number of thiazole rings is 1. The summed E-state index contributed by atoms with van der Waals surface area (Å²) in [6.45, 7) is 2.83. The van der Waals surface area contributed by atoms with Crippen LogP contribution in [0.15, 0.2) is 47.5 Å². The van der Waals surface area contributed by atoms with Crippen LogP contribution in [0.5, 0.6) is 5.75 Å². The molecule has 1 heterocycles. The van der Waals surface area contributed by atoms with Crippen molar-refractivity contribution in [3.05, 3.63) is 57.9 Å². The van der Waals surface area contributed by atoms with Crippen LogP contribution in [0.4, 0.5) is 0 Å². The summed E-state index contributed by atoms with van der Waals surface area (Å²) in [5.74, 6) is 0.0415. The van der Waals surface area contributed by atoms with Gasteiger partial charge in [0.2, 0.25) is 0 Å². The van der Waals surface area contributed by atoms with Crippen LogP contribution < -0.4 is 9.54 Å². The summed E-state index contributed by atoms with van der Waals surface area (Å²) in [6.07, 6.45) is 0.178. The summed E-state index contributed by atoms with van der Waals surface area (Å²) >= 11 is 7.25. The van der Waals surface area contributed by atoms with E-state index in [1.165, 1.54) is 18.4 Å². The molecule has 1 amide bonds. The number of halogens is 1. The van der Waals surface area contributed by atoms with Gasteiger partial charge in [-0.05, 0) is 49.4 Å². The van der Waals surface area contributed by atoms with Crippen molar-refractivity contribution in [3.63, 3.8) is 0 Å². The van der Waals surface area contributed by atoms with Crippen molar-refractivity contribution < 1.29 is 19.1 Å². The van der Waals surface area contributed by atoms with Crippen LogP contribution in [0.25, 0.3) is 10.2 Å². The molecule has 2 aromatic carbocycles. The number of amides is 1. The quantitative estimate of drug-likeness (QED) is 0.566. The van der Waals surface area contributed by atoms with Gasteiger partial charge in [0.05, 0.1) is 30.4 Å². The van der Waals surface area contributed by atoms with Crippen LogP contribution in [0.2, 0.25) is 5.02 Å². The van der Waals surface area contributed by atoms with E-state index < -0.39 is 0 Å². The standard InChI is InChI=1S/C20H19ClN2O4S/c1-3-27-15-8-9-16-17(12-15)28-20(23(16)11-10-18(24)26-2)22-19(25)13-4-6-14(21)7-5-13/h4-9,12H,3,10-11H2,1-2H3. The van der Waals surface area contributed by atoms with E-state index in [4.69, 9.17) is 21.1 Å². The summed E-state index contributed by atoms with van der Waals surface area (Å²) < 4.78 is 13.1. The Morgan fingerprint density at radius 3 is 2.61 bits per heavy atom. The van der Waals surface area contributed by atoms with Gasteiger partial charge in [-0.25, -0.2) is 0 Å². The number of rotatable bonds is 6. The maximum atomic E-state index is 12.6. The molecule has 0 bridgehead atoms. The number of benzene rings is 2. The number of fused-ring (bicyclic) bond motifs is 1. The Kier molecular flexibility index (Phi) is 6.49. The molecule has 0 aliphatic heterocycles. The lowest BCUT2D eigenvalue weighted by molar-refractivity contribution is -0.140. The third-order valence-electron chi connectivity index (χ3n) is 4.02. The number of aromatic nitrogens is 1. The number of hydrogen-bond acceptors (Lipinski definition) is 5. The third kappa shape index (κ3) is 4.61. The normalized spacial score (nSPS) is 11.6. The van der Waals surface area contributed by atoms with Crippen molar-refractivity contribution in [2.24, 2.45) is 4.99 Å². The first-order chi connectivity index (χ1) is 13.5. The maximum absolute atomic E-state index is 12.6. The average Bonchev–Trinajstić information content (AvgIpc) is 3.03. The largest absolute Gasteiger partial charge is 0.494 e. The van der Waals surface area contributed by atoms with E-state index in [2.05, 4.69) is 4.99 Å². The second-order valence-corrected chi connectivity index (χ2v) is 7.29. The lowest BCUT2D eigenvalue weighted by Gasteiger charge is -2.06. The average molecular weight is 419 g/mol. The summed E-state index contributed by atoms with van der Waals surface area (Å²) in [5.41, 5.74) is 1.32. The van der Waals surface area contributed by atoms with Crippen LogP contribution >= 0.6 is 22.9 Å². The third-order valence-corrected chi connectivity index (χ3v) is 5.31. The molecule has 146 valence electrons. The van der Waals surface area contributed by atoms with E-state index in [1.54, 1.807) is 24.3 Å². The molecule has 0 spiro atoms. The first kappa shape index (κ1) is 20.1. The summed E-state index contributed by atoms with van der Waals surface area (Å²) in [4.78, 5) is 29.0. The monoisotopic (exact) mass is 418 g/mol. The number of hydrogen-bond donors (Lipinski definition) is 0. The first-order valence-electron chi connectivity index (χ1n) is 8.69. The molecule has 28 heavy (non-hydrogen) atoms. The van der Waals surface area contributed by atoms with Gasteiger partial charge in [0, 0.05) is 17.1 Å². The number of carbonyl (C=O) groups excluding carboxylic acids is 2. The van der Waals surface area contributed by atoms with Crippen molar-refractivity contribution in [1.29, 1.82) is 0 Å². The Balaban J connectivity index is 2.06. The first-order valence-corrected chi connectivity index (χ1v) is 9.89. The van der Waals surface area contributed by atoms with E-state index in [0.29, 0.717) is 28.5 Å². The van der Waals surface area contributed by atoms with Crippen molar-refractivity contribution in [2.45, 2.75) is 19.9 Å². The SMILES string of the molecule is CCOc1ccc2c(c1)sc(=NC(=O)c1ccc(Cl)cc1)n2CCC(=O)OC. The zero-order valence-electron chi connectivity index (χ0n) is 15.5. The Morgan fingerprint density at radius 2 is 1.93 bits per heavy atom. The molecular weight excluding hydrogens is 400 g/mol. The Hall–Kier alpha value is -2.64. The fourth-order valence-electron chi connectivity index (χ4n) is 2.66. The molecule has 0 N–H and O–H groups in total. The Morgan fingerprint density at radius 1 is 1.18 bits per heavy atom. The van der Waals surface area contributed by atoms with Gasteiger partial charge in [-0.1, -0.05) is 22.9 Å². The molecule has 1 aromatic heterocycles. The lowest BCUT2D eigenvalue weighted by Crippen LogP contribution is -2.19. The van der Waals surface area contributed by atoms with Crippen LogP contribution in [0, 0.1) is 0 Å². The van der Waals surface area contributed by atoms with Gasteiger partial charge in [0.25, 0.3) is 5.91 Å². The molecule has 0 aliphatic carbocycles. The molecule has 0 atom stereocenters. The highest BCUT2D eigenvalue weighted by Crippen LogP contribution is 2.24. The minimum Gasteiger partial charge on any atom is -0.494 e. The number of carbonyl (C=O) groups is 2. The molecule has 0 saturated carbocycles. The van der Waals surface area contributed by atoms with E-state index in [0.717, 1.165) is 16.0 Å². The van der Waals surface area contributed by atoms with Crippen molar-refractivity contribution in [3.8, 4) is 5.75 Å². The minimum atomic E-state index is -0.375. The second kappa shape index (κ2) is 9.03. The number of ether oxygens (including phenoxy) is 2. The highest BCUT2D eigenvalue weighted by molar-refractivity contribution is 7.16. The molecule has 0 unspecified atom stereocenters. The number of methoxy groups -OCH3 is 1. The van der Waals surface area contributed by atoms with Gasteiger partial charge in [-0.2, -0.15) is 4.99 Å². The van der Waals surface area contributed by atoms with Crippen molar-refractivity contribution >= 4 is 45.0 Å². The molecule has 0 fully saturated rings. The van der Waals surface area contributed by atoms with E-state index in [1.807, 2.05) is 29.7 Å². The van der Waals surface area contributed by atoms with Crippen LogP contribution in [0.1, 0.15) is 23.7 Å². The van der Waals surface area contributed by atoms with E-state index in [9.17, 15) is 9.59 Å². The summed E-state index contributed by atoms with van der Waals surface area (Å²) in [7, 11) is 1.35. The van der Waals surface area contributed by atoms with Crippen LogP contribution in [-0.2, 0) is 16.1 Å². The van der Waals surface area contributed by atoms with E-state index in [-0.39, 0.29) is 18.3 Å². The molecule has 3 aromatic rings. The van der Waals surface area contributed by atoms with Gasteiger partial charge in [-0.3, -0.25) is 9.59 Å². The van der Waals surface area contributed by atoms with Crippen LogP contribution in [0.3, 0.4) is 0 Å². The predicted molar refractivity (Wildman–Crippen MR) is 109 cm³/mol. The molecular formula is C20H19ClN2O4S. The smallest absolute Gasteiger partial charge is 0.307 e. The summed E-state index contributed by atoms with van der Waals surface area (Å²) in [5, 5.41) is 0.551. The summed E-state index contributed by atoms with van der Waals surface area (Å²) in [6, 6.07) is 12.2. The van der Waals surface area contributed by atoms with Crippen LogP contribution in [-0.4, -0.2) is 30.2 Å². The molecule has 8 heteroatoms. The zero-order chi connectivity index (χ0) is 20.1. The Labute approximate surface area is 171 Å². The minimum absolute atomic E-state index is 0.178. The fourth-order valence-corrected chi connectivity index (χ4v) is 3.87. The second-order valence-electron chi connectivity index (χ2n) is 5.85. The number of aryl methyl sites for hydroxylation is 1. The molecule has 0 radical (unpaired) electrons. The van der Waals surface area contributed by atoms with Gasteiger partial charge in [0.15, 0.2) is 4.80 Å². The molecule has 0 aliphatic rings. The van der Waals surface area contributed by atoms with Gasteiger partial charge in [0.1, 0.15) is 5.75 Å². The predicted octanol–water partition coefficient (Wildman–Crippen LogP) is 4.06. The van der Waals surface area contributed by atoms with Gasteiger partial charge in [-0.15, -0.1) is 0 Å². The zero-order valence-corrected chi connectivity index (χ0v) is 17.0. The topological polar surface area (TPSA) is 69.9 Å². The van der Waals surface area contributed by atoms with E-state index >= 15 is 0 Å². The number of nitrogens with zero attached hydrogens (tertiary/aromatic N) is 2. The van der Waals surface area contributed by atoms with Crippen molar-refractivity contribution in [1.82, 2.24) is 4.57 Å². The van der Waals surface area contributed by atoms with Gasteiger partial charge < -0.3 is 14.0 Å². The Bertz CT molecular complexity index is 1070. The molecule has 0 saturated heterocycles. The highest BCUT2D eigenvalue weighted by atomic mass is 35.5. The maximum Gasteiger partial charge on any atom is 0.307 e. The van der Waals surface area contributed by atoms with Gasteiger partial charge >= 0.3 is 5.97 Å². The fraction of sp³-hybridized carbons (Fsp3) is 0.250. The van der Waals surface area contributed by atoms with Crippen molar-refractivity contribution in [2.75, 3.05) is 13.7 Å². The lowest BCUT2D eigenvalue weighted by atomic mass is 10.2. The highest BCUT2D eigenvalue weighted by Gasteiger charge is 2.12.